The van der Waals surface area contributed by atoms with Crippen LogP contribution in [0.25, 0.3) is 0 Å². The summed E-state index contributed by atoms with van der Waals surface area (Å²) in [6.07, 6.45) is 1.00. The number of rotatable bonds is 8. The second-order valence-electron chi connectivity index (χ2n) is 3.94. The first-order chi connectivity index (χ1) is 9.04. The van der Waals surface area contributed by atoms with Gasteiger partial charge in [0.15, 0.2) is 0 Å². The molecule has 1 heterocycles. The molecule has 0 saturated carbocycles. The van der Waals surface area contributed by atoms with Gasteiger partial charge in [-0.05, 0) is 25.0 Å². The van der Waals surface area contributed by atoms with Crippen molar-refractivity contribution in [2.75, 3.05) is 19.0 Å². The van der Waals surface area contributed by atoms with Gasteiger partial charge in [0.1, 0.15) is 17.6 Å². The first-order valence-corrected chi connectivity index (χ1v) is 5.79. The minimum absolute atomic E-state index is 0.0889. The number of anilines is 1. The van der Waals surface area contributed by atoms with Crippen LogP contribution in [-0.2, 0) is 9.53 Å². The fourth-order valence-electron chi connectivity index (χ4n) is 1.52. The van der Waals surface area contributed by atoms with Crippen molar-refractivity contribution in [2.45, 2.75) is 18.9 Å². The number of ether oxygens (including phenoxy) is 1. The number of primary amides is 1. The number of pyridine rings is 1. The van der Waals surface area contributed by atoms with Crippen LogP contribution in [0.1, 0.15) is 23.3 Å². The monoisotopic (exact) mass is 267 g/mol. The normalized spacial score (nSPS) is 11.8. The number of nitrogens with one attached hydrogen (secondary N) is 1. The molecule has 1 amide bonds. The van der Waals surface area contributed by atoms with Gasteiger partial charge in [-0.15, -0.1) is 0 Å². The van der Waals surface area contributed by atoms with Gasteiger partial charge in [0, 0.05) is 13.7 Å². The molecular weight excluding hydrogens is 250 g/mol. The molecule has 7 nitrogen and oxygen atoms in total. The van der Waals surface area contributed by atoms with Crippen LogP contribution in [0.5, 0.6) is 0 Å². The van der Waals surface area contributed by atoms with E-state index in [0.717, 1.165) is 0 Å². The number of aliphatic carboxylic acids is 1. The maximum atomic E-state index is 11.1. The number of carboxylic acid groups (broad SMARTS) is 1. The van der Waals surface area contributed by atoms with Gasteiger partial charge in [-0.1, -0.05) is 6.07 Å². The van der Waals surface area contributed by atoms with Crippen molar-refractivity contribution >= 4 is 17.7 Å². The topological polar surface area (TPSA) is 115 Å². The van der Waals surface area contributed by atoms with Gasteiger partial charge in [0.25, 0.3) is 5.91 Å². The molecule has 0 aliphatic carbocycles. The molecule has 7 heteroatoms. The average molecular weight is 267 g/mol. The van der Waals surface area contributed by atoms with Crippen molar-refractivity contribution < 1.29 is 19.4 Å². The maximum absolute atomic E-state index is 11.1. The molecule has 0 aliphatic heterocycles. The Morgan fingerprint density at radius 2 is 2.26 bits per heavy atom. The van der Waals surface area contributed by atoms with E-state index in [0.29, 0.717) is 25.3 Å². The van der Waals surface area contributed by atoms with Crippen molar-refractivity contribution in [1.82, 2.24) is 4.98 Å². The first-order valence-electron chi connectivity index (χ1n) is 5.79. The Hall–Kier alpha value is -2.15. The number of carbonyl (C=O) groups excluding carboxylic acids is 1. The maximum Gasteiger partial charge on any atom is 0.326 e. The highest BCUT2D eigenvalue weighted by Gasteiger charge is 2.17. The molecule has 4 N–H and O–H groups in total. The lowest BCUT2D eigenvalue weighted by atomic mass is 10.1. The molecule has 1 aromatic rings. The van der Waals surface area contributed by atoms with Crippen molar-refractivity contribution in [3.05, 3.63) is 23.9 Å². The molecule has 104 valence electrons. The number of nitrogens with zero attached hydrogens (tertiary/aromatic N) is 1. The summed E-state index contributed by atoms with van der Waals surface area (Å²) in [4.78, 5) is 26.0. The summed E-state index contributed by atoms with van der Waals surface area (Å²) in [5.41, 5.74) is 5.20. The van der Waals surface area contributed by atoms with Gasteiger partial charge in [-0.3, -0.25) is 4.79 Å². The molecule has 0 spiro atoms. The molecule has 0 fully saturated rings. The lowest BCUT2D eigenvalue weighted by Crippen LogP contribution is -2.30. The van der Waals surface area contributed by atoms with Crippen LogP contribution in [0.2, 0.25) is 0 Å². The summed E-state index contributed by atoms with van der Waals surface area (Å²) in [5.74, 6) is -1.33. The third-order valence-electron chi connectivity index (χ3n) is 2.46. The zero-order chi connectivity index (χ0) is 14.3. The number of nitrogens with two attached hydrogens (primary N) is 1. The molecule has 0 saturated heterocycles. The molecule has 1 unspecified atom stereocenters. The smallest absolute Gasteiger partial charge is 0.326 e. The highest BCUT2D eigenvalue weighted by molar-refractivity contribution is 5.91. The molecule has 0 bridgehead atoms. The van der Waals surface area contributed by atoms with E-state index < -0.39 is 17.9 Å². The van der Waals surface area contributed by atoms with Crippen LogP contribution in [0.3, 0.4) is 0 Å². The Bertz CT molecular complexity index is 450. The number of hydrogen-bond acceptors (Lipinski definition) is 5. The third-order valence-corrected chi connectivity index (χ3v) is 2.46. The van der Waals surface area contributed by atoms with Gasteiger partial charge in [0.2, 0.25) is 0 Å². The number of carbonyl (C=O) groups is 2. The minimum Gasteiger partial charge on any atom is -0.480 e. The SMILES string of the molecule is COCCCC(Nc1cccc(C(N)=O)n1)C(=O)O. The predicted octanol–water partition coefficient (Wildman–Crippen LogP) is 0.472. The summed E-state index contributed by atoms with van der Waals surface area (Å²) in [5, 5.41) is 11.8. The standard InChI is InChI=1S/C12H17N3O4/c1-19-7-3-5-9(12(17)18)15-10-6-2-4-8(14-10)11(13)16/h2,4,6,9H,3,5,7H2,1H3,(H2,13,16)(H,14,15)(H,17,18). The Morgan fingerprint density at radius 1 is 1.53 bits per heavy atom. The van der Waals surface area contributed by atoms with Crippen molar-refractivity contribution in [3.8, 4) is 0 Å². The van der Waals surface area contributed by atoms with Crippen LogP contribution in [0.4, 0.5) is 5.82 Å². The Labute approximate surface area is 110 Å². The lowest BCUT2D eigenvalue weighted by molar-refractivity contribution is -0.138. The van der Waals surface area contributed by atoms with Crippen LogP contribution >= 0.6 is 0 Å². The minimum atomic E-state index is -0.984. The molecule has 1 aromatic heterocycles. The number of hydrogen-bond donors (Lipinski definition) is 3. The van der Waals surface area contributed by atoms with Crippen LogP contribution in [0, 0.1) is 0 Å². The highest BCUT2D eigenvalue weighted by Crippen LogP contribution is 2.09. The predicted molar refractivity (Wildman–Crippen MR) is 68.9 cm³/mol. The second kappa shape index (κ2) is 7.32. The molecular formula is C12H17N3O4. The zero-order valence-electron chi connectivity index (χ0n) is 10.6. The Kier molecular flexibility index (Phi) is 5.74. The summed E-state index contributed by atoms with van der Waals surface area (Å²) < 4.78 is 4.88. The lowest BCUT2D eigenvalue weighted by Gasteiger charge is -2.15. The van der Waals surface area contributed by atoms with E-state index in [-0.39, 0.29) is 5.69 Å². The van der Waals surface area contributed by atoms with E-state index in [2.05, 4.69) is 10.3 Å². The number of methoxy groups -OCH3 is 1. The van der Waals surface area contributed by atoms with Crippen LogP contribution < -0.4 is 11.1 Å². The Morgan fingerprint density at radius 3 is 2.84 bits per heavy atom. The molecule has 1 rings (SSSR count). The van der Waals surface area contributed by atoms with Crippen molar-refractivity contribution in [3.63, 3.8) is 0 Å². The van der Waals surface area contributed by atoms with E-state index in [4.69, 9.17) is 15.6 Å². The van der Waals surface area contributed by atoms with Crippen LogP contribution in [-0.4, -0.2) is 41.7 Å². The third kappa shape index (κ3) is 4.92. The van der Waals surface area contributed by atoms with Gasteiger partial charge in [-0.2, -0.15) is 0 Å². The van der Waals surface area contributed by atoms with Crippen molar-refractivity contribution in [1.29, 1.82) is 0 Å². The van der Waals surface area contributed by atoms with Gasteiger partial charge >= 0.3 is 5.97 Å². The summed E-state index contributed by atoms with van der Waals surface area (Å²) >= 11 is 0. The highest BCUT2D eigenvalue weighted by atomic mass is 16.5. The molecule has 1 atom stereocenters. The van der Waals surface area contributed by atoms with Gasteiger partial charge in [-0.25, -0.2) is 9.78 Å². The Balaban J connectivity index is 2.70. The van der Waals surface area contributed by atoms with Gasteiger partial charge in [0.05, 0.1) is 0 Å². The van der Waals surface area contributed by atoms with E-state index in [1.54, 1.807) is 19.2 Å². The number of amides is 1. The van der Waals surface area contributed by atoms with E-state index in [1.807, 2.05) is 0 Å². The van der Waals surface area contributed by atoms with E-state index in [1.165, 1.54) is 6.07 Å². The summed E-state index contributed by atoms with van der Waals surface area (Å²) in [6, 6.07) is 3.85. The fourth-order valence-corrected chi connectivity index (χ4v) is 1.52. The quantitative estimate of drug-likeness (QED) is 0.590. The van der Waals surface area contributed by atoms with Gasteiger partial charge < -0.3 is 20.9 Å². The van der Waals surface area contributed by atoms with Crippen molar-refractivity contribution in [2.24, 2.45) is 5.73 Å². The van der Waals surface area contributed by atoms with E-state index >= 15 is 0 Å². The summed E-state index contributed by atoms with van der Waals surface area (Å²) in [7, 11) is 1.56. The summed E-state index contributed by atoms with van der Waals surface area (Å²) in [6.45, 7) is 0.486. The number of carboxylic acids is 1. The molecule has 0 aromatic carbocycles. The largest absolute Gasteiger partial charge is 0.480 e. The zero-order valence-corrected chi connectivity index (χ0v) is 10.6. The fraction of sp³-hybridized carbons (Fsp3) is 0.417. The molecule has 0 radical (unpaired) electrons. The first kappa shape index (κ1) is 14.9. The average Bonchev–Trinajstić information content (AvgIpc) is 2.38. The van der Waals surface area contributed by atoms with Crippen LogP contribution in [0.15, 0.2) is 18.2 Å². The van der Waals surface area contributed by atoms with E-state index in [9.17, 15) is 9.59 Å². The molecule has 19 heavy (non-hydrogen) atoms. The molecule has 0 aliphatic rings. The second-order valence-corrected chi connectivity index (χ2v) is 3.94. The number of aromatic nitrogens is 1.